The van der Waals surface area contributed by atoms with E-state index >= 15 is 0 Å². The van der Waals surface area contributed by atoms with Crippen molar-refractivity contribution in [3.63, 3.8) is 0 Å². The lowest BCUT2D eigenvalue weighted by Crippen LogP contribution is -2.57. The van der Waals surface area contributed by atoms with Gasteiger partial charge in [0.05, 0.1) is 12.6 Å². The maximum absolute atomic E-state index is 13.0. The second-order valence-corrected chi connectivity index (χ2v) is 9.95. The number of nitrogens with one attached hydrogen (secondary N) is 5. The molecule has 0 heterocycles. The van der Waals surface area contributed by atoms with Crippen molar-refractivity contribution < 1.29 is 39.0 Å². The molecular weight excluding hydrogens is 546 g/mol. The maximum Gasteiger partial charge on any atom is 0.322 e. The lowest BCUT2D eigenvalue weighted by atomic mass is 10.0. The first kappa shape index (κ1) is 37.5. The Labute approximate surface area is 246 Å². The molecule has 13 heteroatoms. The highest BCUT2D eigenvalue weighted by molar-refractivity contribution is 5.96. The molecule has 1 unspecified atom stereocenters. The van der Waals surface area contributed by atoms with Gasteiger partial charge in [-0.1, -0.05) is 57.3 Å². The van der Waals surface area contributed by atoms with Crippen molar-refractivity contribution in [2.45, 2.75) is 59.2 Å². The van der Waals surface area contributed by atoms with E-state index in [2.05, 4.69) is 39.7 Å². The third kappa shape index (κ3) is 16.6. The van der Waals surface area contributed by atoms with Crippen LogP contribution < -0.4 is 26.6 Å². The smallest absolute Gasteiger partial charge is 0.322 e. The van der Waals surface area contributed by atoms with Crippen molar-refractivity contribution in [3.8, 4) is 0 Å². The molecule has 0 fully saturated rings. The van der Waals surface area contributed by atoms with Gasteiger partial charge in [0.15, 0.2) is 0 Å². The molecule has 1 aromatic rings. The summed E-state index contributed by atoms with van der Waals surface area (Å²) in [4.78, 5) is 70.7. The number of carbonyl (C=O) groups is 6. The molecule has 0 aliphatic rings. The number of aliphatic carboxylic acids is 1. The van der Waals surface area contributed by atoms with Crippen LogP contribution in [0.25, 0.3) is 0 Å². The van der Waals surface area contributed by atoms with E-state index in [0.717, 1.165) is 5.56 Å². The van der Waals surface area contributed by atoms with Crippen LogP contribution in [0.4, 0.5) is 0 Å². The van der Waals surface area contributed by atoms with E-state index in [1.807, 2.05) is 6.07 Å². The largest absolute Gasteiger partial charge is 0.480 e. The highest BCUT2D eigenvalue weighted by Crippen LogP contribution is 2.07. The average molecular weight is 590 g/mol. The van der Waals surface area contributed by atoms with Crippen LogP contribution in [0.15, 0.2) is 54.6 Å². The molecule has 13 nitrogen and oxygen atoms in total. The third-order valence-corrected chi connectivity index (χ3v) is 5.34. The Hall–Kier alpha value is -4.52. The Balaban J connectivity index is 0.00000143. The quantitative estimate of drug-likeness (QED) is 0.136. The number of hydrogen-bond acceptors (Lipinski definition) is 7. The Morgan fingerprint density at radius 2 is 1.33 bits per heavy atom. The van der Waals surface area contributed by atoms with E-state index in [0.29, 0.717) is 5.57 Å². The zero-order valence-electron chi connectivity index (χ0n) is 24.8. The van der Waals surface area contributed by atoms with Crippen LogP contribution in [0.1, 0.15) is 40.2 Å². The Morgan fingerprint density at radius 3 is 1.81 bits per heavy atom. The summed E-state index contributed by atoms with van der Waals surface area (Å²) < 4.78 is 0. The summed E-state index contributed by atoms with van der Waals surface area (Å²) in [5.74, 6) is -4.09. The first-order valence-electron chi connectivity index (χ1n) is 13.2. The first-order valence-corrected chi connectivity index (χ1v) is 13.2. The average Bonchev–Trinajstić information content (AvgIpc) is 2.91. The molecule has 0 aliphatic heterocycles. The van der Waals surface area contributed by atoms with Crippen LogP contribution in [0.2, 0.25) is 0 Å². The van der Waals surface area contributed by atoms with Gasteiger partial charge in [-0.3, -0.25) is 28.8 Å². The van der Waals surface area contributed by atoms with Gasteiger partial charge in [-0.25, -0.2) is 0 Å². The Morgan fingerprint density at radius 1 is 0.786 bits per heavy atom. The molecule has 0 bridgehead atoms. The summed E-state index contributed by atoms with van der Waals surface area (Å²) in [5, 5.41) is 29.8. The van der Waals surface area contributed by atoms with Gasteiger partial charge in [-0.2, -0.15) is 0 Å². The zero-order valence-corrected chi connectivity index (χ0v) is 24.8. The van der Waals surface area contributed by atoms with Gasteiger partial charge in [0.2, 0.25) is 29.5 Å². The second-order valence-electron chi connectivity index (χ2n) is 9.95. The molecular formula is C29H43N5O8. The van der Waals surface area contributed by atoms with E-state index in [4.69, 9.17) is 10.2 Å². The molecule has 0 radical (unpaired) electrons. The summed E-state index contributed by atoms with van der Waals surface area (Å²) >= 11 is 0. The summed E-state index contributed by atoms with van der Waals surface area (Å²) in [6.07, 6.45) is -0.350. The van der Waals surface area contributed by atoms with Crippen molar-refractivity contribution in [3.05, 3.63) is 60.2 Å². The first-order chi connectivity index (χ1) is 19.5. The third-order valence-electron chi connectivity index (χ3n) is 5.34. The summed E-state index contributed by atoms with van der Waals surface area (Å²) in [6, 6.07) is 6.93. The van der Waals surface area contributed by atoms with E-state index in [-0.39, 0.29) is 36.9 Å². The monoisotopic (exact) mass is 589 g/mol. The van der Waals surface area contributed by atoms with Crippen molar-refractivity contribution in [1.29, 1.82) is 0 Å². The summed E-state index contributed by atoms with van der Waals surface area (Å²) in [7, 11) is 0. The number of aliphatic hydroxyl groups excluding tert-OH is 1. The van der Waals surface area contributed by atoms with Crippen LogP contribution in [0, 0.1) is 5.92 Å². The molecule has 7 N–H and O–H groups in total. The van der Waals surface area contributed by atoms with Gasteiger partial charge >= 0.3 is 5.97 Å². The molecule has 0 spiro atoms. The minimum absolute atomic E-state index is 0.147. The van der Waals surface area contributed by atoms with Gasteiger partial charge < -0.3 is 36.8 Å². The Bertz CT molecular complexity index is 1120. The second kappa shape index (κ2) is 19.5. The normalized spacial score (nSPS) is 12.3. The molecule has 0 saturated heterocycles. The predicted molar refractivity (Wildman–Crippen MR) is 157 cm³/mol. The molecule has 1 aromatic carbocycles. The lowest BCUT2D eigenvalue weighted by Gasteiger charge is -2.25. The standard InChI is InChI=1S/C22H30N4O6.C7H13NO2/c1-13(2)19(22(32)24-12-18(28)29)26-21(31)16(10-15-8-6-5-7-9-15)25-17(27)11-23-20(30)14(3)4;1-5(2)7(10)8-4-6(3)9/h5-9,13,16,19H,3,10-12H2,1-2,4H3,(H,23,30)(H,24,32)(H,25,27)(H,26,31)(H,28,29);6,9H,1,4H2,2-3H3,(H,8,10)/t16-,19-;/m0./s1. The van der Waals surface area contributed by atoms with Crippen molar-refractivity contribution in [1.82, 2.24) is 26.6 Å². The molecule has 232 valence electrons. The molecule has 0 saturated carbocycles. The fraction of sp³-hybridized carbons (Fsp3) is 0.448. The van der Waals surface area contributed by atoms with Crippen LogP contribution >= 0.6 is 0 Å². The van der Waals surface area contributed by atoms with Crippen LogP contribution in [-0.2, 0) is 35.2 Å². The number of carboxylic acid groups (broad SMARTS) is 1. The Kier molecular flexibility index (Phi) is 17.4. The maximum atomic E-state index is 13.0. The van der Waals surface area contributed by atoms with E-state index < -0.39 is 54.3 Å². The van der Waals surface area contributed by atoms with Crippen molar-refractivity contribution >= 4 is 35.5 Å². The fourth-order valence-corrected chi connectivity index (χ4v) is 3.07. The minimum atomic E-state index is -1.21. The lowest BCUT2D eigenvalue weighted by molar-refractivity contribution is -0.138. The fourth-order valence-electron chi connectivity index (χ4n) is 3.07. The van der Waals surface area contributed by atoms with Gasteiger partial charge in [-0.05, 0) is 32.3 Å². The number of hydrogen-bond donors (Lipinski definition) is 7. The SMILES string of the molecule is C=C(C)C(=O)NCC(=O)N[C@@H](Cc1ccccc1)C(=O)N[C@H](C(=O)NCC(=O)O)C(C)C.C=C(C)C(=O)NCC(C)O. The van der Waals surface area contributed by atoms with E-state index in [9.17, 15) is 28.8 Å². The topological polar surface area (TPSA) is 203 Å². The number of amides is 5. The highest BCUT2D eigenvalue weighted by Gasteiger charge is 2.29. The molecule has 5 amide bonds. The molecule has 0 aromatic heterocycles. The van der Waals surface area contributed by atoms with Gasteiger partial charge in [-0.15, -0.1) is 0 Å². The minimum Gasteiger partial charge on any atom is -0.480 e. The number of carboxylic acids is 1. The molecule has 1 rings (SSSR count). The van der Waals surface area contributed by atoms with Crippen molar-refractivity contribution in [2.75, 3.05) is 19.6 Å². The van der Waals surface area contributed by atoms with Gasteiger partial charge in [0.1, 0.15) is 18.6 Å². The van der Waals surface area contributed by atoms with Gasteiger partial charge in [0, 0.05) is 24.1 Å². The van der Waals surface area contributed by atoms with Crippen molar-refractivity contribution in [2.24, 2.45) is 5.92 Å². The summed E-state index contributed by atoms with van der Waals surface area (Å²) in [5.41, 5.74) is 1.47. The van der Waals surface area contributed by atoms with Crippen LogP contribution in [0.5, 0.6) is 0 Å². The number of aliphatic hydroxyl groups is 1. The van der Waals surface area contributed by atoms with E-state index in [1.54, 1.807) is 52.0 Å². The number of rotatable bonds is 15. The summed E-state index contributed by atoms with van der Waals surface area (Å²) in [6.45, 7) is 14.4. The molecule has 3 atom stereocenters. The predicted octanol–water partition coefficient (Wildman–Crippen LogP) is -0.193. The highest BCUT2D eigenvalue weighted by atomic mass is 16.4. The zero-order chi connectivity index (χ0) is 32.4. The molecule has 0 aliphatic carbocycles. The number of carbonyl (C=O) groups excluding carboxylic acids is 5. The molecule has 42 heavy (non-hydrogen) atoms. The van der Waals surface area contributed by atoms with Gasteiger partial charge in [0.25, 0.3) is 0 Å². The van der Waals surface area contributed by atoms with Crippen LogP contribution in [-0.4, -0.2) is 83.5 Å². The van der Waals surface area contributed by atoms with Crippen LogP contribution in [0.3, 0.4) is 0 Å². The number of benzene rings is 1. The van der Waals surface area contributed by atoms with E-state index in [1.165, 1.54) is 6.92 Å².